The molecular formula is C24H25Cl2N5O2. The van der Waals surface area contributed by atoms with E-state index in [4.69, 9.17) is 27.9 Å². The molecule has 0 spiro atoms. The predicted molar refractivity (Wildman–Crippen MR) is 127 cm³/mol. The number of hydrogen-bond donors (Lipinski definition) is 1. The number of morpholine rings is 1. The zero-order valence-electron chi connectivity index (χ0n) is 18.2. The minimum Gasteiger partial charge on any atom is -0.358 e. The number of aromatic amines is 1. The van der Waals surface area contributed by atoms with E-state index in [1.807, 2.05) is 53.4 Å². The molecule has 7 nitrogen and oxygen atoms in total. The van der Waals surface area contributed by atoms with Crippen molar-refractivity contribution in [1.82, 2.24) is 25.5 Å². The van der Waals surface area contributed by atoms with Crippen LogP contribution in [-0.4, -0.2) is 37.5 Å². The Morgan fingerprint density at radius 3 is 2.61 bits per heavy atom. The van der Waals surface area contributed by atoms with Gasteiger partial charge in [-0.05, 0) is 52.2 Å². The van der Waals surface area contributed by atoms with Crippen LogP contribution in [0.4, 0.5) is 0 Å². The SMILES string of the molecule is C=CC[C@H]1OC(c2cccc(Cl)c2)[C@H](c2ccc(Cl)cc2)N([C@@H](CCC)c2nnn[nH]2)C1=O. The summed E-state index contributed by atoms with van der Waals surface area (Å²) in [5, 5.41) is 15.7. The molecule has 2 heterocycles. The third-order valence-electron chi connectivity index (χ3n) is 5.77. The van der Waals surface area contributed by atoms with Gasteiger partial charge < -0.3 is 9.64 Å². The lowest BCUT2D eigenvalue weighted by Gasteiger charge is -2.47. The first kappa shape index (κ1) is 23.4. The van der Waals surface area contributed by atoms with E-state index in [0.717, 1.165) is 17.5 Å². The fourth-order valence-corrected chi connectivity index (χ4v) is 4.67. The molecule has 1 aromatic heterocycles. The number of halogens is 2. The third-order valence-corrected chi connectivity index (χ3v) is 6.26. The van der Waals surface area contributed by atoms with E-state index in [-0.39, 0.29) is 11.9 Å². The lowest BCUT2D eigenvalue weighted by atomic mass is 9.89. The number of aromatic nitrogens is 4. The zero-order valence-corrected chi connectivity index (χ0v) is 19.7. The molecule has 0 radical (unpaired) electrons. The molecule has 4 atom stereocenters. The van der Waals surface area contributed by atoms with Crippen molar-refractivity contribution >= 4 is 29.1 Å². The van der Waals surface area contributed by atoms with Crippen LogP contribution in [0.3, 0.4) is 0 Å². The number of carbonyl (C=O) groups is 1. The van der Waals surface area contributed by atoms with Crippen molar-refractivity contribution in [3.63, 3.8) is 0 Å². The van der Waals surface area contributed by atoms with Crippen molar-refractivity contribution in [1.29, 1.82) is 0 Å². The highest BCUT2D eigenvalue weighted by molar-refractivity contribution is 6.30. The van der Waals surface area contributed by atoms with Gasteiger partial charge in [0.2, 0.25) is 0 Å². The fourth-order valence-electron chi connectivity index (χ4n) is 4.34. The molecule has 0 aliphatic carbocycles. The Kier molecular flexibility index (Phi) is 7.42. The van der Waals surface area contributed by atoms with Crippen LogP contribution in [0.1, 0.15) is 61.3 Å². The summed E-state index contributed by atoms with van der Waals surface area (Å²) in [6.45, 7) is 5.88. The molecule has 1 aliphatic heterocycles. The Morgan fingerprint density at radius 1 is 1.18 bits per heavy atom. The van der Waals surface area contributed by atoms with E-state index in [9.17, 15) is 4.79 Å². The normalized spacial score (nSPS) is 21.7. The number of carbonyl (C=O) groups excluding carboxylic acids is 1. The highest BCUT2D eigenvalue weighted by atomic mass is 35.5. The van der Waals surface area contributed by atoms with E-state index in [2.05, 4.69) is 34.1 Å². The van der Waals surface area contributed by atoms with Crippen molar-refractivity contribution in [2.75, 3.05) is 0 Å². The number of hydrogen-bond acceptors (Lipinski definition) is 5. The van der Waals surface area contributed by atoms with Crippen molar-refractivity contribution in [2.45, 2.75) is 50.5 Å². The van der Waals surface area contributed by atoms with Gasteiger partial charge in [-0.1, -0.05) is 66.9 Å². The number of benzene rings is 2. The Morgan fingerprint density at radius 2 is 1.97 bits per heavy atom. The summed E-state index contributed by atoms with van der Waals surface area (Å²) in [4.78, 5) is 15.7. The zero-order chi connectivity index (χ0) is 23.4. The Labute approximate surface area is 202 Å². The number of nitrogens with zero attached hydrogens (tertiary/aromatic N) is 4. The average Bonchev–Trinajstić information content (AvgIpc) is 3.34. The van der Waals surface area contributed by atoms with E-state index in [1.54, 1.807) is 6.08 Å². The first-order valence-electron chi connectivity index (χ1n) is 10.9. The lowest BCUT2D eigenvalue weighted by Crippen LogP contribution is -2.52. The van der Waals surface area contributed by atoms with Crippen LogP contribution in [0.2, 0.25) is 10.0 Å². The summed E-state index contributed by atoms with van der Waals surface area (Å²) < 4.78 is 6.44. The maximum absolute atomic E-state index is 13.8. The highest BCUT2D eigenvalue weighted by Gasteiger charge is 2.47. The van der Waals surface area contributed by atoms with Crippen LogP contribution in [0.25, 0.3) is 0 Å². The van der Waals surface area contributed by atoms with E-state index in [1.165, 1.54) is 0 Å². The molecule has 1 aliphatic rings. The van der Waals surface area contributed by atoms with E-state index < -0.39 is 18.2 Å². The van der Waals surface area contributed by atoms with Gasteiger partial charge in [-0.3, -0.25) is 4.79 Å². The molecule has 3 aromatic rings. The number of rotatable bonds is 8. The monoisotopic (exact) mass is 485 g/mol. The van der Waals surface area contributed by atoms with Gasteiger partial charge in [0.1, 0.15) is 12.2 Å². The van der Waals surface area contributed by atoms with Gasteiger partial charge in [-0.25, -0.2) is 5.10 Å². The lowest BCUT2D eigenvalue weighted by molar-refractivity contribution is -0.180. The molecule has 1 fully saturated rings. The number of amides is 1. The van der Waals surface area contributed by atoms with Gasteiger partial charge in [0, 0.05) is 16.5 Å². The maximum atomic E-state index is 13.8. The molecule has 1 unspecified atom stereocenters. The molecule has 4 rings (SSSR count). The van der Waals surface area contributed by atoms with Crippen molar-refractivity contribution < 1.29 is 9.53 Å². The summed E-state index contributed by atoms with van der Waals surface area (Å²) in [6, 6.07) is 14.2. The number of tetrazole rings is 1. The molecule has 33 heavy (non-hydrogen) atoms. The van der Waals surface area contributed by atoms with Crippen LogP contribution in [-0.2, 0) is 9.53 Å². The maximum Gasteiger partial charge on any atom is 0.253 e. The smallest absolute Gasteiger partial charge is 0.253 e. The summed E-state index contributed by atoms with van der Waals surface area (Å²) in [7, 11) is 0. The summed E-state index contributed by atoms with van der Waals surface area (Å²) in [6.07, 6.45) is 2.43. The standard InChI is InChI=1S/C24H25Cl2N5O2/c1-3-6-19(23-27-29-30-28-23)31-21(15-10-12-17(25)13-11-15)22(16-8-5-9-18(26)14-16)33-20(7-4-2)24(31)32/h4-5,8-14,19-22H,2-3,6-7H2,1H3,(H,27,28,29,30)/t19-,20+,21-,22?/m0/s1. The molecule has 9 heteroatoms. The van der Waals surface area contributed by atoms with Gasteiger partial charge >= 0.3 is 0 Å². The van der Waals surface area contributed by atoms with Crippen molar-refractivity contribution in [2.24, 2.45) is 0 Å². The van der Waals surface area contributed by atoms with Crippen LogP contribution >= 0.6 is 23.2 Å². The molecule has 172 valence electrons. The Bertz CT molecular complexity index is 1090. The molecule has 1 amide bonds. The second-order valence-electron chi connectivity index (χ2n) is 7.96. The molecule has 2 aromatic carbocycles. The first-order valence-corrected chi connectivity index (χ1v) is 11.6. The third kappa shape index (κ3) is 4.95. The average molecular weight is 486 g/mol. The van der Waals surface area contributed by atoms with Crippen LogP contribution in [0.5, 0.6) is 0 Å². The second-order valence-corrected chi connectivity index (χ2v) is 8.83. The molecule has 1 N–H and O–H groups in total. The van der Waals surface area contributed by atoms with E-state index >= 15 is 0 Å². The highest BCUT2D eigenvalue weighted by Crippen LogP contribution is 2.47. The Balaban J connectivity index is 1.90. The number of nitrogens with one attached hydrogen (secondary N) is 1. The van der Waals surface area contributed by atoms with E-state index in [0.29, 0.717) is 28.7 Å². The molecule has 1 saturated heterocycles. The van der Waals surface area contributed by atoms with Crippen LogP contribution < -0.4 is 0 Å². The Hall–Kier alpha value is -2.74. The summed E-state index contributed by atoms with van der Waals surface area (Å²) in [5.41, 5.74) is 1.77. The summed E-state index contributed by atoms with van der Waals surface area (Å²) in [5.74, 6) is 0.399. The summed E-state index contributed by atoms with van der Waals surface area (Å²) >= 11 is 12.5. The number of ether oxygens (including phenoxy) is 1. The quantitative estimate of drug-likeness (QED) is 0.417. The fraction of sp³-hybridized carbons (Fsp3) is 0.333. The van der Waals surface area contributed by atoms with Crippen molar-refractivity contribution in [3.05, 3.63) is 88.2 Å². The van der Waals surface area contributed by atoms with Crippen LogP contribution in [0, 0.1) is 0 Å². The van der Waals surface area contributed by atoms with Gasteiger partial charge in [0.15, 0.2) is 5.82 Å². The number of H-pyrrole nitrogens is 1. The first-order chi connectivity index (χ1) is 16.0. The van der Waals surface area contributed by atoms with Gasteiger partial charge in [0.25, 0.3) is 5.91 Å². The van der Waals surface area contributed by atoms with Crippen molar-refractivity contribution in [3.8, 4) is 0 Å². The minimum absolute atomic E-state index is 0.136. The molecule has 0 bridgehead atoms. The van der Waals surface area contributed by atoms with Gasteiger partial charge in [-0.2, -0.15) is 0 Å². The topological polar surface area (TPSA) is 84.0 Å². The largest absolute Gasteiger partial charge is 0.358 e. The minimum atomic E-state index is -0.690. The molecular weight excluding hydrogens is 461 g/mol. The van der Waals surface area contributed by atoms with Crippen LogP contribution in [0.15, 0.2) is 61.2 Å². The van der Waals surface area contributed by atoms with Gasteiger partial charge in [-0.15, -0.1) is 11.7 Å². The predicted octanol–water partition coefficient (Wildman–Crippen LogP) is 5.63. The second kappa shape index (κ2) is 10.5. The van der Waals surface area contributed by atoms with Gasteiger partial charge in [0.05, 0.1) is 12.1 Å². The molecule has 0 saturated carbocycles.